The zero-order chi connectivity index (χ0) is 17.2. The van der Waals surface area contributed by atoms with Gasteiger partial charge >= 0.3 is 0 Å². The minimum absolute atomic E-state index is 0.0198. The lowest BCUT2D eigenvalue weighted by molar-refractivity contribution is -0.115. The number of fused-ring (bicyclic) bond motifs is 1. The maximum absolute atomic E-state index is 12.3. The minimum Gasteiger partial charge on any atom is -0.326 e. The Labute approximate surface area is 149 Å². The highest BCUT2D eigenvalue weighted by Crippen LogP contribution is 2.24. The number of aryl methyl sites for hydroxylation is 1. The number of hydrogen-bond acceptors (Lipinski definition) is 3. The first-order chi connectivity index (χ1) is 12.2. The summed E-state index contributed by atoms with van der Waals surface area (Å²) in [6, 6.07) is 15.8. The van der Waals surface area contributed by atoms with Crippen molar-refractivity contribution in [1.82, 2.24) is 9.38 Å². The standard InChI is InChI=1S/C20H17N3OS/c1-14-4-2-5-15(10-14)11-19(24)21-17-7-3-6-16(12-17)18-13-23-8-9-25-20(23)22-18/h2-10,12-13H,11H2,1H3,(H,21,24). The third kappa shape index (κ3) is 3.46. The first-order valence-electron chi connectivity index (χ1n) is 8.05. The summed E-state index contributed by atoms with van der Waals surface area (Å²) in [5, 5.41) is 4.98. The second kappa shape index (κ2) is 6.53. The first kappa shape index (κ1) is 15.6. The summed E-state index contributed by atoms with van der Waals surface area (Å²) in [4.78, 5) is 17.9. The highest BCUT2D eigenvalue weighted by atomic mass is 32.1. The van der Waals surface area contributed by atoms with Crippen LogP contribution >= 0.6 is 11.3 Å². The Kier molecular flexibility index (Phi) is 4.07. The van der Waals surface area contributed by atoms with Crippen LogP contribution in [0, 0.1) is 6.92 Å². The number of imidazole rings is 1. The van der Waals surface area contributed by atoms with E-state index >= 15 is 0 Å². The molecule has 0 saturated carbocycles. The predicted molar refractivity (Wildman–Crippen MR) is 102 cm³/mol. The number of benzene rings is 2. The second-order valence-corrected chi connectivity index (χ2v) is 6.89. The summed E-state index contributed by atoms with van der Waals surface area (Å²) in [7, 11) is 0. The van der Waals surface area contributed by atoms with E-state index in [1.54, 1.807) is 11.3 Å². The molecule has 1 amide bonds. The number of carbonyl (C=O) groups excluding carboxylic acids is 1. The van der Waals surface area contributed by atoms with Crippen molar-refractivity contribution in [3.8, 4) is 11.3 Å². The topological polar surface area (TPSA) is 46.4 Å². The van der Waals surface area contributed by atoms with E-state index < -0.39 is 0 Å². The number of aromatic nitrogens is 2. The molecule has 1 N–H and O–H groups in total. The van der Waals surface area contributed by atoms with Crippen molar-refractivity contribution in [3.63, 3.8) is 0 Å². The van der Waals surface area contributed by atoms with E-state index in [1.165, 1.54) is 0 Å². The Morgan fingerprint density at radius 2 is 2.08 bits per heavy atom. The lowest BCUT2D eigenvalue weighted by Gasteiger charge is -2.07. The molecule has 0 aliphatic carbocycles. The zero-order valence-corrected chi connectivity index (χ0v) is 14.6. The number of nitrogens with zero attached hydrogens (tertiary/aromatic N) is 2. The van der Waals surface area contributed by atoms with E-state index in [0.29, 0.717) is 6.42 Å². The van der Waals surface area contributed by atoms with Gasteiger partial charge in [0.15, 0.2) is 4.96 Å². The molecule has 0 fully saturated rings. The fraction of sp³-hybridized carbons (Fsp3) is 0.100. The molecule has 2 aromatic carbocycles. The zero-order valence-electron chi connectivity index (χ0n) is 13.8. The molecule has 0 saturated heterocycles. The highest BCUT2D eigenvalue weighted by molar-refractivity contribution is 7.15. The Hall–Kier alpha value is -2.92. The smallest absolute Gasteiger partial charge is 0.228 e. The maximum atomic E-state index is 12.3. The van der Waals surface area contributed by atoms with Gasteiger partial charge in [-0.15, -0.1) is 11.3 Å². The van der Waals surface area contributed by atoms with Crippen molar-refractivity contribution >= 4 is 27.9 Å². The minimum atomic E-state index is -0.0198. The molecule has 0 spiro atoms. The molecule has 25 heavy (non-hydrogen) atoms. The van der Waals surface area contributed by atoms with Gasteiger partial charge in [0.25, 0.3) is 0 Å². The quantitative estimate of drug-likeness (QED) is 0.588. The number of thiazole rings is 1. The highest BCUT2D eigenvalue weighted by Gasteiger charge is 2.08. The van der Waals surface area contributed by atoms with Gasteiger partial charge in [-0.3, -0.25) is 9.20 Å². The molecule has 0 unspecified atom stereocenters. The lowest BCUT2D eigenvalue weighted by atomic mass is 10.1. The van der Waals surface area contributed by atoms with Crippen LogP contribution in [0.2, 0.25) is 0 Å². The van der Waals surface area contributed by atoms with Crippen molar-refractivity contribution in [2.24, 2.45) is 0 Å². The van der Waals surface area contributed by atoms with Gasteiger partial charge in [-0.1, -0.05) is 42.0 Å². The summed E-state index contributed by atoms with van der Waals surface area (Å²) in [6.07, 6.45) is 4.36. The normalized spacial score (nSPS) is 10.9. The largest absolute Gasteiger partial charge is 0.326 e. The predicted octanol–water partition coefficient (Wildman–Crippen LogP) is 4.55. The number of hydrogen-bond donors (Lipinski definition) is 1. The second-order valence-electron chi connectivity index (χ2n) is 6.01. The number of amides is 1. The van der Waals surface area contributed by atoms with Crippen LogP contribution in [0.3, 0.4) is 0 Å². The Morgan fingerprint density at radius 1 is 1.20 bits per heavy atom. The van der Waals surface area contributed by atoms with E-state index in [1.807, 2.05) is 77.6 Å². The van der Waals surface area contributed by atoms with Crippen molar-refractivity contribution in [1.29, 1.82) is 0 Å². The van der Waals surface area contributed by atoms with E-state index in [2.05, 4.69) is 10.3 Å². The SMILES string of the molecule is Cc1cccc(CC(=O)Nc2cccc(-c3cn4ccsc4n3)c2)c1. The lowest BCUT2D eigenvalue weighted by Crippen LogP contribution is -2.14. The van der Waals surface area contributed by atoms with Gasteiger partial charge in [0.05, 0.1) is 12.1 Å². The molecule has 0 atom stereocenters. The fourth-order valence-corrected chi connectivity index (χ4v) is 3.54. The van der Waals surface area contributed by atoms with Crippen LogP contribution in [-0.4, -0.2) is 15.3 Å². The summed E-state index contributed by atoms with van der Waals surface area (Å²) in [6.45, 7) is 2.03. The molecule has 0 bridgehead atoms. The average Bonchev–Trinajstić information content (AvgIpc) is 3.16. The van der Waals surface area contributed by atoms with Crippen LogP contribution in [0.25, 0.3) is 16.2 Å². The third-order valence-electron chi connectivity index (χ3n) is 3.98. The Balaban J connectivity index is 1.51. The molecule has 0 aliphatic heterocycles. The molecule has 2 heterocycles. The molecular formula is C20H17N3OS. The Bertz CT molecular complexity index is 1020. The molecule has 124 valence electrons. The van der Waals surface area contributed by atoms with Gasteiger partial charge in [0.1, 0.15) is 0 Å². The first-order valence-corrected chi connectivity index (χ1v) is 8.93. The van der Waals surface area contributed by atoms with Crippen LogP contribution in [-0.2, 0) is 11.2 Å². The van der Waals surface area contributed by atoms with Gasteiger partial charge in [-0.05, 0) is 24.6 Å². The van der Waals surface area contributed by atoms with Gasteiger partial charge < -0.3 is 5.32 Å². The monoisotopic (exact) mass is 347 g/mol. The molecule has 4 aromatic rings. The maximum Gasteiger partial charge on any atom is 0.228 e. The van der Waals surface area contributed by atoms with Crippen LogP contribution in [0.1, 0.15) is 11.1 Å². The van der Waals surface area contributed by atoms with E-state index in [-0.39, 0.29) is 5.91 Å². The molecule has 4 rings (SSSR count). The van der Waals surface area contributed by atoms with Crippen molar-refractivity contribution in [3.05, 3.63) is 77.4 Å². The molecule has 0 aliphatic rings. The summed E-state index contributed by atoms with van der Waals surface area (Å²) in [5.74, 6) is -0.0198. The molecular weight excluding hydrogens is 330 g/mol. The van der Waals surface area contributed by atoms with Crippen LogP contribution in [0.15, 0.2) is 66.3 Å². The van der Waals surface area contributed by atoms with E-state index in [0.717, 1.165) is 33.0 Å². The van der Waals surface area contributed by atoms with Gasteiger partial charge in [0.2, 0.25) is 5.91 Å². The fourth-order valence-electron chi connectivity index (χ4n) is 2.84. The van der Waals surface area contributed by atoms with Gasteiger partial charge in [-0.2, -0.15) is 0 Å². The molecule has 2 aromatic heterocycles. The average molecular weight is 347 g/mol. The van der Waals surface area contributed by atoms with Crippen LogP contribution < -0.4 is 5.32 Å². The number of anilines is 1. The van der Waals surface area contributed by atoms with Crippen molar-refractivity contribution in [2.75, 3.05) is 5.32 Å². The summed E-state index contributed by atoms with van der Waals surface area (Å²) < 4.78 is 2.00. The van der Waals surface area contributed by atoms with Crippen LogP contribution in [0.4, 0.5) is 5.69 Å². The summed E-state index contributed by atoms with van der Waals surface area (Å²) in [5.41, 5.74) is 4.85. The van der Waals surface area contributed by atoms with Crippen LogP contribution in [0.5, 0.6) is 0 Å². The number of rotatable bonds is 4. The number of nitrogens with one attached hydrogen (secondary N) is 1. The van der Waals surface area contributed by atoms with E-state index in [4.69, 9.17) is 0 Å². The van der Waals surface area contributed by atoms with Gasteiger partial charge in [-0.25, -0.2) is 4.98 Å². The van der Waals surface area contributed by atoms with Crippen molar-refractivity contribution < 1.29 is 4.79 Å². The van der Waals surface area contributed by atoms with Gasteiger partial charge in [0, 0.05) is 29.0 Å². The number of carbonyl (C=O) groups is 1. The molecule has 0 radical (unpaired) electrons. The Morgan fingerprint density at radius 3 is 2.92 bits per heavy atom. The van der Waals surface area contributed by atoms with Crippen molar-refractivity contribution in [2.45, 2.75) is 13.3 Å². The molecule has 5 heteroatoms. The third-order valence-corrected chi connectivity index (χ3v) is 4.75. The van der Waals surface area contributed by atoms with E-state index in [9.17, 15) is 4.79 Å². The summed E-state index contributed by atoms with van der Waals surface area (Å²) >= 11 is 1.60. The molecule has 4 nitrogen and oxygen atoms in total.